The van der Waals surface area contributed by atoms with E-state index in [1.165, 1.54) is 115 Å². The molecule has 0 aliphatic carbocycles. The van der Waals surface area contributed by atoms with Gasteiger partial charge in [-0.3, -0.25) is 0 Å². The lowest BCUT2D eigenvalue weighted by molar-refractivity contribution is 0.505. The standard InChI is InChI=1S/C8H17NP.C8H17N.C5H11NP.C5H11N.C4H10N2P.5C2H6/c1-2-3-4-8-5-6-10(9)7-8;1-2-3-4-8-5-6-9-7-8;1-5-2-3-7(6)4-5;1-5-2-3-6-4-5;5-4-1-2-7(6)3-4;5*1-2/h8-9H,2-7H2,1H3;8-9H,2-7H2,1H3;5-6H,2-4H2,1H3;5-6H,2-4H2,1H3;4,6H,1-3,5H2;5*1-2H3/q+1;;+1;;+1;;;;;. The highest BCUT2D eigenvalue weighted by Crippen LogP contribution is 2.38. The largest absolute Gasteiger partial charge is 0.324 e. The van der Waals surface area contributed by atoms with Gasteiger partial charge in [-0.2, -0.15) is 0 Å². The molecule has 7 N–H and O–H groups in total. The highest BCUT2D eigenvalue weighted by Gasteiger charge is 2.27. The Labute approximate surface area is 314 Å². The molecule has 5 aliphatic rings. The van der Waals surface area contributed by atoms with Gasteiger partial charge >= 0.3 is 0 Å². The first-order valence-electron chi connectivity index (χ1n) is 21.3. The molecule has 5 fully saturated rings. The van der Waals surface area contributed by atoms with Crippen molar-refractivity contribution in [2.45, 2.75) is 174 Å². The highest BCUT2D eigenvalue weighted by atomic mass is 31.1. The van der Waals surface area contributed by atoms with E-state index in [0.29, 0.717) is 6.04 Å². The van der Waals surface area contributed by atoms with Crippen molar-refractivity contribution in [2.75, 3.05) is 63.2 Å². The molecule has 298 valence electrons. The van der Waals surface area contributed by atoms with Crippen LogP contribution in [0.15, 0.2) is 0 Å². The van der Waals surface area contributed by atoms with Gasteiger partial charge in [0.15, 0.2) is 23.1 Å². The van der Waals surface area contributed by atoms with Gasteiger partial charge in [-0.1, -0.05) is 123 Å². The molecule has 8 unspecified atom stereocenters. The molecule has 5 aliphatic heterocycles. The SMILES string of the molecule is CC.CC.CC.CC.CC.CC1CCNC1.CC1CC[P+](=N)C1.CCCCC1CCNC1.CCCCC1CC[P+](=N)C1.N=[P+]1CCC(N)C1. The Morgan fingerprint density at radius 2 is 0.980 bits per heavy atom. The molecule has 8 atom stereocenters. The van der Waals surface area contributed by atoms with Crippen LogP contribution in [0.3, 0.4) is 0 Å². The lowest BCUT2D eigenvalue weighted by atomic mass is 10.0. The lowest BCUT2D eigenvalue weighted by Gasteiger charge is -2.04. The first-order valence-corrected chi connectivity index (χ1v) is 26.4. The van der Waals surface area contributed by atoms with Crippen LogP contribution >= 0.6 is 23.1 Å². The molecule has 0 aromatic rings. The van der Waals surface area contributed by atoms with E-state index in [1.54, 1.807) is 0 Å². The maximum absolute atomic E-state index is 7.56. The molecule has 0 radical (unpaired) electrons. The second kappa shape index (κ2) is 48.2. The minimum absolute atomic E-state index is 0.254. The molecule has 0 spiro atoms. The molecule has 5 heterocycles. The molecule has 6 nitrogen and oxygen atoms in total. The zero-order valence-electron chi connectivity index (χ0n) is 36.2. The third-order valence-corrected chi connectivity index (χ3v) is 13.7. The second-order valence-electron chi connectivity index (χ2n) is 12.7. The average molecular weight is 754 g/mol. The summed E-state index contributed by atoms with van der Waals surface area (Å²) in [4.78, 5) is 0. The summed E-state index contributed by atoms with van der Waals surface area (Å²) in [6, 6.07) is 0.364. The van der Waals surface area contributed by atoms with Gasteiger partial charge in [0.1, 0.15) is 37.0 Å². The normalized spacial score (nSPS) is 26.3. The number of unbranched alkanes of at least 4 members (excludes halogenated alkanes) is 2. The van der Waals surface area contributed by atoms with Gasteiger partial charge in [0.25, 0.3) is 0 Å². The number of rotatable bonds is 6. The van der Waals surface area contributed by atoms with Crippen molar-refractivity contribution in [1.29, 1.82) is 15.5 Å². The van der Waals surface area contributed by atoms with Gasteiger partial charge < -0.3 is 16.4 Å². The van der Waals surface area contributed by atoms with Crippen LogP contribution in [0.4, 0.5) is 0 Å². The predicted octanol–water partition coefficient (Wildman–Crippen LogP) is 14.2. The zero-order valence-corrected chi connectivity index (χ0v) is 38.8. The Balaban J connectivity index is -0.000000156. The molecule has 0 amide bonds. The molecule has 5 rings (SSSR count). The van der Waals surface area contributed by atoms with Crippen molar-refractivity contribution in [3.63, 3.8) is 0 Å². The van der Waals surface area contributed by atoms with Crippen molar-refractivity contribution < 1.29 is 0 Å². The Morgan fingerprint density at radius 1 is 0.531 bits per heavy atom. The van der Waals surface area contributed by atoms with E-state index in [2.05, 4.69) is 38.3 Å². The van der Waals surface area contributed by atoms with E-state index >= 15 is 0 Å². The molecule has 9 heteroatoms. The molecule has 0 aromatic heterocycles. The molecule has 0 saturated carbocycles. The van der Waals surface area contributed by atoms with E-state index in [0.717, 1.165) is 42.4 Å². The predicted molar refractivity (Wildman–Crippen MR) is 236 cm³/mol. The summed E-state index contributed by atoms with van der Waals surface area (Å²) in [7, 11) is -0.905. The van der Waals surface area contributed by atoms with Crippen LogP contribution in [0.5, 0.6) is 0 Å². The third-order valence-electron chi connectivity index (χ3n) is 8.34. The van der Waals surface area contributed by atoms with E-state index < -0.39 is 0 Å². The van der Waals surface area contributed by atoms with Crippen molar-refractivity contribution in [2.24, 2.45) is 29.4 Å². The van der Waals surface area contributed by atoms with Crippen molar-refractivity contribution in [3.05, 3.63) is 0 Å². The number of hydrogen-bond acceptors (Lipinski definition) is 6. The van der Waals surface area contributed by atoms with Gasteiger partial charge in [-0.05, 0) is 76.5 Å². The molecular formula is C40H96N6P3+3. The van der Waals surface area contributed by atoms with E-state index in [9.17, 15) is 0 Å². The summed E-state index contributed by atoms with van der Waals surface area (Å²) in [5.74, 6) is 3.74. The van der Waals surface area contributed by atoms with Gasteiger partial charge in [-0.15, -0.1) is 15.5 Å². The number of nitrogens with two attached hydrogens (primary N) is 1. The summed E-state index contributed by atoms with van der Waals surface area (Å²) in [5, 5.41) is 28.8. The molecular weight excluding hydrogens is 657 g/mol. The third kappa shape index (κ3) is 42.5. The zero-order chi connectivity index (χ0) is 38.9. The second-order valence-corrected chi connectivity index (χ2v) is 18.4. The minimum atomic E-state index is -0.379. The van der Waals surface area contributed by atoms with Crippen molar-refractivity contribution in [3.8, 4) is 0 Å². The van der Waals surface area contributed by atoms with Gasteiger partial charge in [0, 0.05) is 18.3 Å². The Bertz CT molecular complexity index is 644. The van der Waals surface area contributed by atoms with Crippen molar-refractivity contribution in [1.82, 2.24) is 10.6 Å². The fourth-order valence-corrected chi connectivity index (χ4v) is 10.8. The van der Waals surface area contributed by atoms with E-state index in [1.807, 2.05) is 69.2 Å². The fraction of sp³-hybridized carbons (Fsp3) is 1.00. The van der Waals surface area contributed by atoms with Crippen LogP contribution in [0.25, 0.3) is 0 Å². The first kappa shape index (κ1) is 58.5. The topological polar surface area (TPSA) is 122 Å². The van der Waals surface area contributed by atoms with Crippen LogP contribution in [0, 0.1) is 39.2 Å². The van der Waals surface area contributed by atoms with Gasteiger partial charge in [-0.25, -0.2) is 0 Å². The quantitative estimate of drug-likeness (QED) is 0.151. The Hall–Kier alpha value is 0.180. The summed E-state index contributed by atoms with van der Waals surface area (Å²) >= 11 is 0. The fourth-order valence-electron chi connectivity index (χ4n) is 5.54. The lowest BCUT2D eigenvalue weighted by Crippen LogP contribution is -2.17. The average Bonchev–Trinajstić information content (AvgIpc) is 4.01. The van der Waals surface area contributed by atoms with Crippen LogP contribution in [-0.2, 0) is 0 Å². The molecule has 0 bridgehead atoms. The monoisotopic (exact) mass is 754 g/mol. The summed E-state index contributed by atoms with van der Waals surface area (Å²) in [5.41, 5.74) is 5.52. The molecule has 49 heavy (non-hydrogen) atoms. The van der Waals surface area contributed by atoms with Crippen LogP contribution < -0.4 is 16.4 Å². The van der Waals surface area contributed by atoms with Crippen LogP contribution in [0.2, 0.25) is 0 Å². The minimum Gasteiger partial charge on any atom is -0.324 e. The van der Waals surface area contributed by atoms with Gasteiger partial charge in [0.05, 0.1) is 6.04 Å². The first-order chi connectivity index (χ1) is 23.7. The summed E-state index contributed by atoms with van der Waals surface area (Å²) in [6.45, 7) is 34.0. The maximum atomic E-state index is 7.56. The Morgan fingerprint density at radius 3 is 1.22 bits per heavy atom. The van der Waals surface area contributed by atoms with Crippen molar-refractivity contribution >= 4 is 23.1 Å². The molecule has 0 aromatic carbocycles. The Kier molecular flexibility index (Phi) is 57.5. The van der Waals surface area contributed by atoms with Crippen LogP contribution in [0.1, 0.15) is 168 Å². The van der Waals surface area contributed by atoms with E-state index in [-0.39, 0.29) is 23.1 Å². The maximum Gasteiger partial charge on any atom is 0.197 e. The summed E-state index contributed by atoms with van der Waals surface area (Å²) in [6.07, 6.45) is 21.8. The molecule has 5 saturated heterocycles. The highest BCUT2D eigenvalue weighted by molar-refractivity contribution is 7.46. The number of hydrogen-bond donors (Lipinski definition) is 6. The smallest absolute Gasteiger partial charge is 0.197 e. The summed E-state index contributed by atoms with van der Waals surface area (Å²) < 4.78 is 0. The number of nitrogens with one attached hydrogen (secondary N) is 5. The van der Waals surface area contributed by atoms with E-state index in [4.69, 9.17) is 21.2 Å². The van der Waals surface area contributed by atoms with Gasteiger partial charge in [0.2, 0.25) is 0 Å². The van der Waals surface area contributed by atoms with Crippen LogP contribution in [-0.4, -0.2) is 69.2 Å².